The average molecular weight is 781 g/mol. The van der Waals surface area contributed by atoms with Crippen molar-refractivity contribution >= 4 is 86.7 Å². The molecule has 0 nitrogen and oxygen atoms in total. The minimum Gasteiger partial charge on any atom is -0.135 e. The van der Waals surface area contributed by atoms with Gasteiger partial charge in [0, 0.05) is 31.5 Å². The Balaban J connectivity index is 1.04. The van der Waals surface area contributed by atoms with Crippen LogP contribution >= 0.6 is 23.1 Å². The van der Waals surface area contributed by atoms with Crippen molar-refractivity contribution in [1.29, 1.82) is 0 Å². The first-order chi connectivity index (χ1) is 28.6. The van der Waals surface area contributed by atoms with E-state index in [-0.39, 0.29) is 0 Å². The second kappa shape index (κ2) is 16.7. The molecule has 1 aliphatic carbocycles. The fraction of sp³-hybridized carbons (Fsp3) is 0.0714. The first-order valence-electron chi connectivity index (χ1n) is 20.0. The first-order valence-corrected chi connectivity index (χ1v) is 21.6. The standard InChI is InChI=1S/C56H44S2/c1-4-19-39(38(3)29-32-45-34-44-33-42-35-51-46-23-17-18-28-52(46)58-54(51)37-43(42)36-53(44)57-45)30-31-40(20-5-2)55-47-24-13-15-26-49(47)56(50-27-16-14-25-48(50)55)41-21-11-9-7-6-8-10-12-22-41/h4-7,9-20,22-33,35-37H,1-2,8,21,34H2,3H3/b7-6-,11-9-,12-10-,31-30+,38-29+,39-19-,40-20-,41-22+,45-32+. The molecule has 1 aliphatic heterocycles. The Labute approximate surface area is 350 Å². The van der Waals surface area contributed by atoms with Crippen molar-refractivity contribution < 1.29 is 0 Å². The Morgan fingerprint density at radius 2 is 1.33 bits per heavy atom. The van der Waals surface area contributed by atoms with E-state index in [0.717, 1.165) is 30.4 Å². The van der Waals surface area contributed by atoms with Gasteiger partial charge in [0.15, 0.2) is 0 Å². The molecule has 0 saturated heterocycles. The van der Waals surface area contributed by atoms with E-state index in [2.05, 4.69) is 196 Å². The largest absolute Gasteiger partial charge is 0.135 e. The molecule has 0 fully saturated rings. The fourth-order valence-electron chi connectivity index (χ4n) is 8.34. The summed E-state index contributed by atoms with van der Waals surface area (Å²) in [5.41, 5.74) is 8.63. The van der Waals surface area contributed by atoms with Crippen LogP contribution < -0.4 is 0 Å². The number of allylic oxidation sites excluding steroid dienone is 20. The highest BCUT2D eigenvalue weighted by Gasteiger charge is 2.19. The predicted octanol–water partition coefficient (Wildman–Crippen LogP) is 16.8. The van der Waals surface area contributed by atoms with Crippen molar-refractivity contribution in [3.63, 3.8) is 0 Å². The summed E-state index contributed by atoms with van der Waals surface area (Å²) in [7, 11) is 0. The Morgan fingerprint density at radius 3 is 2.10 bits per heavy atom. The number of hydrogen-bond donors (Lipinski definition) is 0. The smallest absolute Gasteiger partial charge is 0.0361 e. The molecule has 0 bridgehead atoms. The Hall–Kier alpha value is -6.19. The van der Waals surface area contributed by atoms with Crippen molar-refractivity contribution in [3.05, 3.63) is 234 Å². The highest BCUT2D eigenvalue weighted by molar-refractivity contribution is 8.03. The van der Waals surface area contributed by atoms with Crippen molar-refractivity contribution in [2.24, 2.45) is 0 Å². The lowest BCUT2D eigenvalue weighted by atomic mass is 9.84. The summed E-state index contributed by atoms with van der Waals surface area (Å²) >= 11 is 3.78. The van der Waals surface area contributed by atoms with Gasteiger partial charge in [-0.3, -0.25) is 0 Å². The molecule has 0 saturated carbocycles. The zero-order chi connectivity index (χ0) is 39.4. The third kappa shape index (κ3) is 7.38. The summed E-state index contributed by atoms with van der Waals surface area (Å²) in [5, 5.41) is 10.3. The maximum Gasteiger partial charge on any atom is 0.0361 e. The maximum atomic E-state index is 4.15. The van der Waals surface area contributed by atoms with Gasteiger partial charge in [-0.05, 0) is 126 Å². The van der Waals surface area contributed by atoms with E-state index in [9.17, 15) is 0 Å². The normalized spacial score (nSPS) is 18.6. The predicted molar refractivity (Wildman–Crippen MR) is 260 cm³/mol. The number of thioether (sulfide) groups is 1. The molecule has 0 unspecified atom stereocenters. The van der Waals surface area contributed by atoms with Crippen molar-refractivity contribution in [1.82, 2.24) is 0 Å². The molecule has 1 aromatic heterocycles. The SMILES string of the molecule is C=C/C=C(/C=C/C(=C/C=C)c1c2ccccc2c(/C2=C/C=C\C/C=C\C=C/C2)c2ccccc12)C(\C)=C\C=C1/Cc2cc3cc4c(cc3cc2S1)sc1ccccc14. The molecule has 0 radical (unpaired) electrons. The van der Waals surface area contributed by atoms with Crippen LogP contribution in [0.4, 0.5) is 0 Å². The van der Waals surface area contributed by atoms with Gasteiger partial charge in [0.1, 0.15) is 0 Å². The lowest BCUT2D eigenvalue weighted by Crippen LogP contribution is -1.96. The van der Waals surface area contributed by atoms with Gasteiger partial charge < -0.3 is 0 Å². The van der Waals surface area contributed by atoms with Crippen molar-refractivity contribution in [2.45, 2.75) is 31.1 Å². The third-order valence-electron chi connectivity index (χ3n) is 11.1. The Morgan fingerprint density at radius 1 is 0.638 bits per heavy atom. The van der Waals surface area contributed by atoms with Crippen molar-refractivity contribution in [2.75, 3.05) is 0 Å². The molecule has 2 aliphatic rings. The van der Waals surface area contributed by atoms with Gasteiger partial charge in [-0.1, -0.05) is 183 Å². The summed E-state index contributed by atoms with van der Waals surface area (Å²) in [6.45, 7) is 10.4. The highest BCUT2D eigenvalue weighted by Crippen LogP contribution is 2.45. The maximum absolute atomic E-state index is 4.15. The van der Waals surface area contributed by atoms with Crippen LogP contribution in [0.3, 0.4) is 0 Å². The summed E-state index contributed by atoms with van der Waals surface area (Å²) in [4.78, 5) is 2.72. The second-order valence-electron chi connectivity index (χ2n) is 14.8. The second-order valence-corrected chi connectivity index (χ2v) is 17.1. The average Bonchev–Trinajstić information content (AvgIpc) is 3.83. The van der Waals surface area contributed by atoms with Crippen LogP contribution in [0.15, 0.2) is 222 Å². The summed E-state index contributed by atoms with van der Waals surface area (Å²) in [6, 6.07) is 36.0. The number of rotatable bonds is 8. The summed E-state index contributed by atoms with van der Waals surface area (Å²) < 4.78 is 2.70. The number of hydrogen-bond acceptors (Lipinski definition) is 2. The number of benzene rings is 6. The molecule has 0 spiro atoms. The van der Waals surface area contributed by atoms with Gasteiger partial charge in [0.05, 0.1) is 0 Å². The lowest BCUT2D eigenvalue weighted by molar-refractivity contribution is 1.22. The molecule has 2 heterocycles. The molecule has 0 amide bonds. The van der Waals surface area contributed by atoms with Gasteiger partial charge >= 0.3 is 0 Å². The molecule has 9 rings (SSSR count). The fourth-order valence-corrected chi connectivity index (χ4v) is 10.6. The summed E-state index contributed by atoms with van der Waals surface area (Å²) in [6.07, 6.45) is 35.3. The van der Waals surface area contributed by atoms with Crippen LogP contribution in [-0.4, -0.2) is 0 Å². The topological polar surface area (TPSA) is 0 Å². The molecule has 7 aromatic rings. The van der Waals surface area contributed by atoms with E-state index in [1.807, 2.05) is 35.3 Å². The van der Waals surface area contributed by atoms with Gasteiger partial charge in [-0.15, -0.1) is 11.3 Å². The van der Waals surface area contributed by atoms with E-state index in [4.69, 9.17) is 0 Å². The minimum atomic E-state index is 0.854. The third-order valence-corrected chi connectivity index (χ3v) is 13.4. The van der Waals surface area contributed by atoms with E-state index >= 15 is 0 Å². The van der Waals surface area contributed by atoms with Gasteiger partial charge in [-0.2, -0.15) is 0 Å². The highest BCUT2D eigenvalue weighted by atomic mass is 32.2. The van der Waals surface area contributed by atoms with E-state index in [0.29, 0.717) is 0 Å². The molecular weight excluding hydrogens is 737 g/mol. The molecule has 0 N–H and O–H groups in total. The van der Waals surface area contributed by atoms with Crippen LogP contribution in [0, 0.1) is 0 Å². The van der Waals surface area contributed by atoms with Crippen LogP contribution in [0.5, 0.6) is 0 Å². The lowest BCUT2D eigenvalue weighted by Gasteiger charge is -2.19. The number of fused-ring (bicyclic) bond motifs is 7. The summed E-state index contributed by atoms with van der Waals surface area (Å²) in [5.74, 6) is 0. The minimum absolute atomic E-state index is 0.854. The van der Waals surface area contributed by atoms with Crippen LogP contribution in [0.25, 0.3) is 63.6 Å². The molecular formula is C56H44S2. The van der Waals surface area contributed by atoms with Gasteiger partial charge in [0.25, 0.3) is 0 Å². The first kappa shape index (κ1) is 37.4. The van der Waals surface area contributed by atoms with Crippen LogP contribution in [0.1, 0.15) is 36.5 Å². The molecule has 2 heteroatoms. The quantitative estimate of drug-likeness (QED) is 0.109. The zero-order valence-electron chi connectivity index (χ0n) is 32.7. The zero-order valence-corrected chi connectivity index (χ0v) is 34.4. The molecule has 6 aromatic carbocycles. The molecule has 280 valence electrons. The molecule has 0 atom stereocenters. The Kier molecular flexibility index (Phi) is 10.8. The Bertz CT molecular complexity index is 3030. The van der Waals surface area contributed by atoms with Crippen LogP contribution in [-0.2, 0) is 6.42 Å². The van der Waals surface area contributed by atoms with E-state index in [1.165, 1.54) is 90.1 Å². The van der Waals surface area contributed by atoms with Gasteiger partial charge in [-0.25, -0.2) is 0 Å². The van der Waals surface area contributed by atoms with E-state index in [1.54, 1.807) is 0 Å². The van der Waals surface area contributed by atoms with Gasteiger partial charge in [0.2, 0.25) is 0 Å². The molecule has 58 heavy (non-hydrogen) atoms. The van der Waals surface area contributed by atoms with Crippen LogP contribution in [0.2, 0.25) is 0 Å². The van der Waals surface area contributed by atoms with Crippen molar-refractivity contribution in [3.8, 4) is 0 Å². The number of thiophene rings is 1. The van der Waals surface area contributed by atoms with E-state index < -0.39 is 0 Å². The monoisotopic (exact) mass is 780 g/mol.